The number of rotatable bonds is 6. The number of anilines is 2. The van der Waals surface area contributed by atoms with Gasteiger partial charge < -0.3 is 14.8 Å². The molecule has 1 aliphatic rings. The van der Waals surface area contributed by atoms with Crippen molar-refractivity contribution in [3.63, 3.8) is 0 Å². The van der Waals surface area contributed by atoms with Gasteiger partial charge in [0.15, 0.2) is 0 Å². The van der Waals surface area contributed by atoms with E-state index in [-0.39, 0.29) is 5.91 Å². The molecule has 4 rings (SSSR count). The zero-order valence-corrected chi connectivity index (χ0v) is 18.1. The smallest absolute Gasteiger partial charge is 0.229 e. The summed E-state index contributed by atoms with van der Waals surface area (Å²) in [4.78, 5) is 22.9. The van der Waals surface area contributed by atoms with Crippen LogP contribution in [-0.4, -0.2) is 38.4 Å². The number of carbonyl (C=O) groups excluding carboxylic acids is 1. The number of fused-ring (bicyclic) bond motifs is 1. The number of carbonyl (C=O) groups is 1. The van der Waals surface area contributed by atoms with Gasteiger partial charge in [-0.05, 0) is 49.4 Å². The largest absolute Gasteiger partial charge is 0.342 e. The summed E-state index contributed by atoms with van der Waals surface area (Å²) in [5.74, 6) is 1.19. The van der Waals surface area contributed by atoms with Crippen LogP contribution in [0.1, 0.15) is 64.0 Å². The van der Waals surface area contributed by atoms with Gasteiger partial charge in [-0.2, -0.15) is 4.98 Å². The Kier molecular flexibility index (Phi) is 6.02. The number of benzene rings is 1. The fourth-order valence-corrected chi connectivity index (χ4v) is 4.48. The van der Waals surface area contributed by atoms with Crippen molar-refractivity contribution in [2.24, 2.45) is 0 Å². The molecule has 158 valence electrons. The number of aromatic nitrogens is 3. The van der Waals surface area contributed by atoms with E-state index in [9.17, 15) is 4.79 Å². The van der Waals surface area contributed by atoms with Crippen LogP contribution in [0.4, 0.5) is 11.6 Å². The first-order valence-electron chi connectivity index (χ1n) is 11.0. The lowest BCUT2D eigenvalue weighted by Gasteiger charge is -2.32. The maximum atomic E-state index is 11.7. The molecule has 1 N–H and O–H groups in total. The molecule has 3 heterocycles. The van der Waals surface area contributed by atoms with E-state index in [0.29, 0.717) is 17.9 Å². The van der Waals surface area contributed by atoms with E-state index in [1.807, 2.05) is 11.1 Å². The van der Waals surface area contributed by atoms with Gasteiger partial charge in [0.05, 0.1) is 0 Å². The van der Waals surface area contributed by atoms with E-state index < -0.39 is 0 Å². The lowest BCUT2D eigenvalue weighted by Crippen LogP contribution is -2.37. The minimum atomic E-state index is 0.170. The highest BCUT2D eigenvalue weighted by molar-refractivity contribution is 5.77. The van der Waals surface area contributed by atoms with Crippen molar-refractivity contribution in [2.45, 2.75) is 58.4 Å². The molecule has 6 heteroatoms. The maximum Gasteiger partial charge on any atom is 0.229 e. The second-order valence-corrected chi connectivity index (χ2v) is 8.22. The molecule has 0 bridgehead atoms. The lowest BCUT2D eigenvalue weighted by atomic mass is 9.90. The monoisotopic (exact) mass is 405 g/mol. The van der Waals surface area contributed by atoms with E-state index in [2.05, 4.69) is 65.2 Å². The van der Waals surface area contributed by atoms with Gasteiger partial charge in [-0.3, -0.25) is 4.79 Å². The van der Waals surface area contributed by atoms with Crippen LogP contribution in [0.25, 0.3) is 11.0 Å². The first kappa shape index (κ1) is 20.4. The van der Waals surface area contributed by atoms with Gasteiger partial charge in [-0.25, -0.2) is 4.98 Å². The van der Waals surface area contributed by atoms with Crippen molar-refractivity contribution in [3.05, 3.63) is 48.3 Å². The van der Waals surface area contributed by atoms with Crippen molar-refractivity contribution in [2.75, 3.05) is 18.4 Å². The summed E-state index contributed by atoms with van der Waals surface area (Å²) >= 11 is 0. The van der Waals surface area contributed by atoms with Gasteiger partial charge in [-0.15, -0.1) is 0 Å². The number of hydrogen-bond donors (Lipinski definition) is 1. The average Bonchev–Trinajstić information content (AvgIpc) is 3.18. The zero-order valence-electron chi connectivity index (χ0n) is 18.1. The van der Waals surface area contributed by atoms with Crippen LogP contribution >= 0.6 is 0 Å². The molecule has 0 spiro atoms. The van der Waals surface area contributed by atoms with Crippen molar-refractivity contribution in [1.29, 1.82) is 0 Å². The van der Waals surface area contributed by atoms with E-state index in [4.69, 9.17) is 4.98 Å². The highest BCUT2D eigenvalue weighted by Gasteiger charge is 2.22. The summed E-state index contributed by atoms with van der Waals surface area (Å²) in [7, 11) is 0. The van der Waals surface area contributed by atoms with Crippen LogP contribution in [0, 0.1) is 0 Å². The predicted molar refractivity (Wildman–Crippen MR) is 121 cm³/mol. The molecule has 1 fully saturated rings. The Morgan fingerprint density at radius 2 is 1.97 bits per heavy atom. The molecule has 6 nitrogen and oxygen atoms in total. The molecule has 30 heavy (non-hydrogen) atoms. The van der Waals surface area contributed by atoms with Crippen molar-refractivity contribution in [1.82, 2.24) is 19.4 Å². The summed E-state index contributed by atoms with van der Waals surface area (Å²) in [6.45, 7) is 7.78. The Morgan fingerprint density at radius 1 is 1.20 bits per heavy atom. The fraction of sp³-hybridized carbons (Fsp3) is 0.458. The van der Waals surface area contributed by atoms with Gasteiger partial charge in [0.25, 0.3) is 0 Å². The Bertz CT molecular complexity index is 1010. The van der Waals surface area contributed by atoms with Crippen LogP contribution < -0.4 is 5.32 Å². The Balaban J connectivity index is 1.50. The number of nitrogens with one attached hydrogen (secondary N) is 1. The van der Waals surface area contributed by atoms with Crippen molar-refractivity contribution in [3.8, 4) is 0 Å². The average molecular weight is 406 g/mol. The first-order valence-corrected chi connectivity index (χ1v) is 11.0. The summed E-state index contributed by atoms with van der Waals surface area (Å²) in [5, 5.41) is 4.41. The third kappa shape index (κ3) is 4.18. The van der Waals surface area contributed by atoms with Gasteiger partial charge >= 0.3 is 0 Å². The molecule has 0 aliphatic carbocycles. The molecule has 2 aromatic heterocycles. The van der Waals surface area contributed by atoms with Crippen LogP contribution in [0.5, 0.6) is 0 Å². The molecule has 1 atom stereocenters. The molecule has 3 aromatic rings. The normalized spacial score (nSPS) is 16.9. The van der Waals surface area contributed by atoms with Gasteiger partial charge in [0.2, 0.25) is 11.9 Å². The fourth-order valence-electron chi connectivity index (χ4n) is 4.48. The quantitative estimate of drug-likeness (QED) is 0.607. The van der Waals surface area contributed by atoms with Crippen LogP contribution in [0.2, 0.25) is 0 Å². The minimum absolute atomic E-state index is 0.170. The standard InChI is InChI=1S/C24H31N5O/c1-4-22(5-2)29-14-12-19-15-25-24(27-23(19)29)26-21-10-8-18(9-11-21)20-7-6-13-28(16-20)17(3)30/h8-12,14-15,20,22H,4-7,13,16H2,1-3H3,(H,25,26,27). The van der Waals surface area contributed by atoms with E-state index >= 15 is 0 Å². The molecule has 1 unspecified atom stereocenters. The third-order valence-electron chi connectivity index (χ3n) is 6.30. The molecule has 1 aromatic carbocycles. The van der Waals surface area contributed by atoms with Crippen molar-refractivity contribution < 1.29 is 4.79 Å². The topological polar surface area (TPSA) is 63.1 Å². The summed E-state index contributed by atoms with van der Waals surface area (Å²) in [6, 6.07) is 11.0. The number of nitrogens with zero attached hydrogens (tertiary/aromatic N) is 4. The van der Waals surface area contributed by atoms with Crippen LogP contribution in [0.3, 0.4) is 0 Å². The van der Waals surface area contributed by atoms with E-state index in [1.165, 1.54) is 5.56 Å². The number of hydrogen-bond acceptors (Lipinski definition) is 4. The highest BCUT2D eigenvalue weighted by atomic mass is 16.2. The SMILES string of the molecule is CCC(CC)n1ccc2cnc(Nc3ccc(C4CCCN(C(C)=O)C4)cc3)nc21. The number of likely N-dealkylation sites (tertiary alicyclic amines) is 1. The summed E-state index contributed by atoms with van der Waals surface area (Å²) in [6.07, 6.45) is 8.35. The van der Waals surface area contributed by atoms with Crippen molar-refractivity contribution >= 4 is 28.6 Å². The maximum absolute atomic E-state index is 11.7. The Morgan fingerprint density at radius 3 is 2.67 bits per heavy atom. The number of amides is 1. The first-order chi connectivity index (χ1) is 14.6. The Labute approximate surface area is 178 Å². The second-order valence-electron chi connectivity index (χ2n) is 8.22. The van der Waals surface area contributed by atoms with E-state index in [0.717, 1.165) is 55.5 Å². The number of piperidine rings is 1. The van der Waals surface area contributed by atoms with Gasteiger partial charge in [-0.1, -0.05) is 26.0 Å². The molecular formula is C24H31N5O. The third-order valence-corrected chi connectivity index (χ3v) is 6.30. The molecule has 0 saturated carbocycles. The Hall–Kier alpha value is -2.89. The lowest BCUT2D eigenvalue weighted by molar-refractivity contribution is -0.130. The van der Waals surface area contributed by atoms with E-state index in [1.54, 1.807) is 6.92 Å². The van der Waals surface area contributed by atoms with Crippen LogP contribution in [0.15, 0.2) is 42.7 Å². The van der Waals surface area contributed by atoms with Gasteiger partial charge in [0, 0.05) is 55.4 Å². The molecule has 0 radical (unpaired) electrons. The zero-order chi connectivity index (χ0) is 21.1. The molecule has 1 saturated heterocycles. The molecular weight excluding hydrogens is 374 g/mol. The summed E-state index contributed by atoms with van der Waals surface area (Å²) < 4.78 is 2.26. The predicted octanol–water partition coefficient (Wildman–Crippen LogP) is 5.26. The second kappa shape index (κ2) is 8.86. The molecule has 1 aliphatic heterocycles. The minimum Gasteiger partial charge on any atom is -0.342 e. The summed E-state index contributed by atoms with van der Waals surface area (Å²) in [5.41, 5.74) is 3.23. The van der Waals surface area contributed by atoms with Gasteiger partial charge in [0.1, 0.15) is 5.65 Å². The highest BCUT2D eigenvalue weighted by Crippen LogP contribution is 2.29. The van der Waals surface area contributed by atoms with Crippen LogP contribution in [-0.2, 0) is 4.79 Å². The molecule has 1 amide bonds.